The summed E-state index contributed by atoms with van der Waals surface area (Å²) in [7, 11) is 0. The molecule has 112 valence electrons. The van der Waals surface area contributed by atoms with E-state index in [2.05, 4.69) is 35.1 Å². The Hall–Kier alpha value is -1.19. The van der Waals surface area contributed by atoms with Crippen LogP contribution in [0, 0.1) is 5.92 Å². The maximum Gasteiger partial charge on any atom is 0.121 e. The Morgan fingerprint density at radius 1 is 1.19 bits per heavy atom. The summed E-state index contributed by atoms with van der Waals surface area (Å²) in [6.45, 7) is 5.68. The fraction of sp³-hybridized carbons (Fsp3) is 0.294. The van der Waals surface area contributed by atoms with E-state index in [1.807, 2.05) is 42.5 Å². The molecule has 2 rings (SSSR count). The van der Waals surface area contributed by atoms with Crippen LogP contribution in [0.1, 0.15) is 19.4 Å². The number of rotatable bonds is 6. The highest BCUT2D eigenvalue weighted by atomic mass is 79.9. The van der Waals surface area contributed by atoms with E-state index in [1.165, 1.54) is 0 Å². The van der Waals surface area contributed by atoms with Gasteiger partial charge < -0.3 is 10.1 Å². The number of hydrogen-bond donors (Lipinski definition) is 1. The maximum absolute atomic E-state index is 6.22. The summed E-state index contributed by atoms with van der Waals surface area (Å²) < 4.78 is 6.71. The van der Waals surface area contributed by atoms with Crippen LogP contribution in [0.2, 0.25) is 5.02 Å². The summed E-state index contributed by atoms with van der Waals surface area (Å²) in [6.07, 6.45) is 0. The van der Waals surface area contributed by atoms with Gasteiger partial charge in [-0.2, -0.15) is 0 Å². The third kappa shape index (κ3) is 5.25. The van der Waals surface area contributed by atoms with Gasteiger partial charge in [-0.1, -0.05) is 53.5 Å². The molecule has 4 heteroatoms. The molecule has 0 radical (unpaired) electrons. The highest BCUT2D eigenvalue weighted by Crippen LogP contribution is 2.23. The van der Waals surface area contributed by atoms with Crippen LogP contribution in [0.15, 0.2) is 46.9 Å². The van der Waals surface area contributed by atoms with Gasteiger partial charge in [-0.15, -0.1) is 0 Å². The van der Waals surface area contributed by atoms with Crippen LogP contribution in [-0.2, 0) is 6.54 Å². The zero-order chi connectivity index (χ0) is 15.2. The zero-order valence-electron chi connectivity index (χ0n) is 12.2. The van der Waals surface area contributed by atoms with Crippen molar-refractivity contribution in [2.75, 3.05) is 11.9 Å². The monoisotopic (exact) mass is 367 g/mol. The molecule has 0 bridgehead atoms. The summed E-state index contributed by atoms with van der Waals surface area (Å²) in [6, 6.07) is 13.9. The Morgan fingerprint density at radius 2 is 2.00 bits per heavy atom. The van der Waals surface area contributed by atoms with Crippen molar-refractivity contribution in [2.24, 2.45) is 5.92 Å². The van der Waals surface area contributed by atoms with Crippen molar-refractivity contribution in [3.63, 3.8) is 0 Å². The van der Waals surface area contributed by atoms with Gasteiger partial charge in [-0.05, 0) is 35.7 Å². The maximum atomic E-state index is 6.22. The van der Waals surface area contributed by atoms with Crippen molar-refractivity contribution in [2.45, 2.75) is 20.4 Å². The molecule has 0 fully saturated rings. The average molecular weight is 369 g/mol. The molecule has 1 N–H and O–H groups in total. The molecule has 0 amide bonds. The number of hydrogen-bond acceptors (Lipinski definition) is 2. The highest BCUT2D eigenvalue weighted by Gasteiger charge is 2.02. The third-order valence-corrected chi connectivity index (χ3v) is 3.76. The SMILES string of the molecule is CC(C)COc1cccc(NCc2ccc(Br)cc2Cl)c1. The van der Waals surface area contributed by atoms with E-state index < -0.39 is 0 Å². The first-order valence-corrected chi connectivity index (χ1v) is 8.12. The lowest BCUT2D eigenvalue weighted by Gasteiger charge is -2.12. The first-order chi connectivity index (χ1) is 10.0. The second kappa shape index (κ2) is 7.71. The van der Waals surface area contributed by atoms with Gasteiger partial charge in [0.25, 0.3) is 0 Å². The molecule has 0 aliphatic heterocycles. The standard InChI is InChI=1S/C17H19BrClNO/c1-12(2)11-21-16-5-3-4-15(9-16)20-10-13-6-7-14(18)8-17(13)19/h3-9,12,20H,10-11H2,1-2H3. The summed E-state index contributed by atoms with van der Waals surface area (Å²) >= 11 is 9.63. The van der Waals surface area contributed by atoms with E-state index in [-0.39, 0.29) is 0 Å². The Morgan fingerprint density at radius 3 is 2.71 bits per heavy atom. The minimum atomic E-state index is 0.517. The molecule has 21 heavy (non-hydrogen) atoms. The fourth-order valence-electron chi connectivity index (χ4n) is 1.82. The molecule has 0 spiro atoms. The summed E-state index contributed by atoms with van der Waals surface area (Å²) in [5, 5.41) is 4.12. The number of nitrogens with one attached hydrogen (secondary N) is 1. The molecule has 0 aliphatic rings. The highest BCUT2D eigenvalue weighted by molar-refractivity contribution is 9.10. The van der Waals surface area contributed by atoms with Crippen LogP contribution in [0.5, 0.6) is 5.75 Å². The number of halogens is 2. The normalized spacial score (nSPS) is 10.7. The minimum absolute atomic E-state index is 0.517. The molecular weight excluding hydrogens is 350 g/mol. The van der Waals surface area contributed by atoms with E-state index in [0.717, 1.165) is 33.1 Å². The third-order valence-electron chi connectivity index (χ3n) is 2.92. The smallest absolute Gasteiger partial charge is 0.121 e. The summed E-state index contributed by atoms with van der Waals surface area (Å²) in [4.78, 5) is 0. The van der Waals surface area contributed by atoms with E-state index >= 15 is 0 Å². The predicted octanol–water partition coefficient (Wildman–Crippen LogP) is 5.75. The van der Waals surface area contributed by atoms with Crippen molar-refractivity contribution in [1.82, 2.24) is 0 Å². The first kappa shape index (κ1) is 16.2. The van der Waals surface area contributed by atoms with Crippen molar-refractivity contribution >= 4 is 33.2 Å². The van der Waals surface area contributed by atoms with Gasteiger partial charge in [0.1, 0.15) is 5.75 Å². The molecule has 2 nitrogen and oxygen atoms in total. The van der Waals surface area contributed by atoms with Crippen LogP contribution in [0.4, 0.5) is 5.69 Å². The summed E-state index contributed by atoms with van der Waals surface area (Å²) in [5.41, 5.74) is 2.09. The Balaban J connectivity index is 1.98. The lowest BCUT2D eigenvalue weighted by molar-refractivity contribution is 0.271. The quantitative estimate of drug-likeness (QED) is 0.701. The van der Waals surface area contributed by atoms with Gasteiger partial charge in [-0.3, -0.25) is 0 Å². The minimum Gasteiger partial charge on any atom is -0.493 e. The van der Waals surface area contributed by atoms with Crippen molar-refractivity contribution in [3.8, 4) is 5.75 Å². The van der Waals surface area contributed by atoms with Crippen LogP contribution in [0.25, 0.3) is 0 Å². The first-order valence-electron chi connectivity index (χ1n) is 6.95. The van der Waals surface area contributed by atoms with Crippen molar-refractivity contribution in [1.29, 1.82) is 0 Å². The molecule has 0 heterocycles. The van der Waals surface area contributed by atoms with Crippen LogP contribution >= 0.6 is 27.5 Å². The molecule has 0 saturated heterocycles. The van der Waals surface area contributed by atoms with Gasteiger partial charge in [-0.25, -0.2) is 0 Å². The average Bonchev–Trinajstić information content (AvgIpc) is 2.45. The largest absolute Gasteiger partial charge is 0.493 e. The molecule has 2 aromatic rings. The molecular formula is C17H19BrClNO. The van der Waals surface area contributed by atoms with Crippen molar-refractivity contribution < 1.29 is 4.74 Å². The van der Waals surface area contributed by atoms with E-state index in [0.29, 0.717) is 12.5 Å². The predicted molar refractivity (Wildman–Crippen MR) is 93.3 cm³/mol. The Kier molecular flexibility index (Phi) is 5.95. The Labute approximate surface area is 139 Å². The second-order valence-corrected chi connectivity index (χ2v) is 6.64. The zero-order valence-corrected chi connectivity index (χ0v) is 14.5. The van der Waals surface area contributed by atoms with E-state index in [9.17, 15) is 0 Å². The van der Waals surface area contributed by atoms with Gasteiger partial charge in [0.2, 0.25) is 0 Å². The van der Waals surface area contributed by atoms with Crippen molar-refractivity contribution in [3.05, 3.63) is 57.5 Å². The topological polar surface area (TPSA) is 21.3 Å². The van der Waals surface area contributed by atoms with Gasteiger partial charge >= 0.3 is 0 Å². The van der Waals surface area contributed by atoms with Gasteiger partial charge in [0.05, 0.1) is 6.61 Å². The fourth-order valence-corrected chi connectivity index (χ4v) is 2.56. The number of benzene rings is 2. The van der Waals surface area contributed by atoms with E-state index in [1.54, 1.807) is 0 Å². The van der Waals surface area contributed by atoms with Gasteiger partial charge in [0.15, 0.2) is 0 Å². The lowest BCUT2D eigenvalue weighted by atomic mass is 10.2. The Bertz CT molecular complexity index is 601. The second-order valence-electron chi connectivity index (χ2n) is 5.32. The van der Waals surface area contributed by atoms with Gasteiger partial charge in [0, 0.05) is 27.8 Å². The molecule has 0 unspecified atom stereocenters. The van der Waals surface area contributed by atoms with Crippen LogP contribution in [-0.4, -0.2) is 6.61 Å². The molecule has 2 aromatic carbocycles. The molecule has 0 atom stereocenters. The van der Waals surface area contributed by atoms with Crippen LogP contribution < -0.4 is 10.1 Å². The van der Waals surface area contributed by atoms with Crippen LogP contribution in [0.3, 0.4) is 0 Å². The molecule has 0 aliphatic carbocycles. The molecule has 0 aromatic heterocycles. The number of anilines is 1. The van der Waals surface area contributed by atoms with E-state index in [4.69, 9.17) is 16.3 Å². The molecule has 0 saturated carbocycles. The summed E-state index contributed by atoms with van der Waals surface area (Å²) in [5.74, 6) is 1.40. The lowest BCUT2D eigenvalue weighted by Crippen LogP contribution is -2.05. The number of ether oxygens (including phenoxy) is 1.